The van der Waals surface area contributed by atoms with E-state index in [9.17, 15) is 9.00 Å². The normalized spacial score (nSPS) is 29.4. The van der Waals surface area contributed by atoms with E-state index >= 15 is 0 Å². The van der Waals surface area contributed by atoms with E-state index in [4.69, 9.17) is 21.1 Å². The number of allylic oxidation sites excluding steroid dienone is 1. The van der Waals surface area contributed by atoms with Crippen molar-refractivity contribution in [3.63, 3.8) is 0 Å². The van der Waals surface area contributed by atoms with E-state index in [1.807, 2.05) is 25.1 Å². The fraction of sp³-hybridized carbons (Fsp3) is 0.516. The van der Waals surface area contributed by atoms with E-state index in [-0.39, 0.29) is 12.0 Å². The van der Waals surface area contributed by atoms with Crippen molar-refractivity contribution < 1.29 is 18.5 Å². The number of carbonyl (C=O) groups is 1. The van der Waals surface area contributed by atoms with Gasteiger partial charge in [-0.25, -0.2) is 0 Å². The molecule has 3 aliphatic rings. The summed E-state index contributed by atoms with van der Waals surface area (Å²) in [4.78, 5) is 15.5. The Kier molecular flexibility index (Phi) is 9.31. The van der Waals surface area contributed by atoms with Gasteiger partial charge in [0.1, 0.15) is 5.75 Å². The van der Waals surface area contributed by atoms with Crippen LogP contribution < -0.4 is 9.64 Å². The van der Waals surface area contributed by atoms with Crippen LogP contribution in [-0.2, 0) is 28.3 Å². The third kappa shape index (κ3) is 6.87. The van der Waals surface area contributed by atoms with Crippen molar-refractivity contribution in [1.82, 2.24) is 0 Å². The van der Waals surface area contributed by atoms with Crippen LogP contribution in [0.2, 0.25) is 5.02 Å². The number of fused-ring (bicyclic) bond motifs is 3. The molecule has 5 atom stereocenters. The minimum Gasteiger partial charge on any atom is -0.491 e. The Labute approximate surface area is 238 Å². The Morgan fingerprint density at radius 3 is 2.79 bits per heavy atom. The van der Waals surface area contributed by atoms with Crippen LogP contribution in [0.15, 0.2) is 52.9 Å². The Hall–Kier alpha value is -2.35. The van der Waals surface area contributed by atoms with Crippen LogP contribution in [0.1, 0.15) is 60.5 Å². The number of rotatable bonds is 1. The molecule has 1 amide bonds. The molecule has 8 heteroatoms. The van der Waals surface area contributed by atoms with Crippen molar-refractivity contribution >= 4 is 33.8 Å². The number of aryl methyl sites for hydroxylation is 1. The molecule has 2 heterocycles. The van der Waals surface area contributed by atoms with E-state index in [1.165, 1.54) is 11.1 Å². The highest BCUT2D eigenvalue weighted by Crippen LogP contribution is 2.42. The van der Waals surface area contributed by atoms with Gasteiger partial charge in [-0.15, -0.1) is 0 Å². The molecular formula is C31H39ClN2O4S. The number of amides is 1. The third-order valence-electron chi connectivity index (χ3n) is 8.33. The van der Waals surface area contributed by atoms with Crippen molar-refractivity contribution in [3.05, 3.63) is 70.3 Å². The van der Waals surface area contributed by atoms with Gasteiger partial charge in [-0.1, -0.05) is 36.7 Å². The molecule has 0 saturated heterocycles. The fourth-order valence-electron chi connectivity index (χ4n) is 5.97. The number of thiol groups is 1. The molecule has 2 aliphatic heterocycles. The van der Waals surface area contributed by atoms with Crippen molar-refractivity contribution in [3.8, 4) is 5.75 Å². The van der Waals surface area contributed by atoms with Gasteiger partial charge in [0.25, 0.3) is 5.91 Å². The average molecular weight is 571 g/mol. The zero-order chi connectivity index (χ0) is 27.4. The maximum absolute atomic E-state index is 13.1. The third-order valence-corrected chi connectivity index (χ3v) is 9.91. The molecule has 1 saturated carbocycles. The van der Waals surface area contributed by atoms with Gasteiger partial charge in [-0.2, -0.15) is 4.36 Å². The fourth-order valence-corrected chi connectivity index (χ4v) is 7.25. The number of methoxy groups -OCH3 is 1. The van der Waals surface area contributed by atoms with Crippen LogP contribution in [0, 0.1) is 17.8 Å². The van der Waals surface area contributed by atoms with Crippen LogP contribution in [0.5, 0.6) is 5.75 Å². The standard InChI is InChI=1S/C31H39ClN2O4S/c1-21-6-5-8-29(37-2)27-13-10-25(27)19-34-18-24-9-12-26(32)16-22(24)7-3-4-15-38-30-14-11-23(17-28(30)34)31(35)33-39(36)20-21/h5,8-9,11-12,14,16-17,21,25,27,29,39H,3-4,6-7,10,13,15,18-20H2,1-2H3/b8-5-/t21-,25-,27+,29-/m0/s1. The molecule has 210 valence electrons. The number of hydrogen-bond donors (Lipinski definition) is 1. The smallest absolute Gasteiger partial charge is 0.284 e. The van der Waals surface area contributed by atoms with E-state index in [2.05, 4.69) is 33.5 Å². The molecule has 0 radical (unpaired) electrons. The molecule has 2 bridgehead atoms. The van der Waals surface area contributed by atoms with E-state index in [1.54, 1.807) is 13.2 Å². The predicted octanol–water partition coefficient (Wildman–Crippen LogP) is 6.50. The van der Waals surface area contributed by atoms with Gasteiger partial charge in [0.05, 0.1) is 18.4 Å². The van der Waals surface area contributed by atoms with E-state index in [0.29, 0.717) is 36.3 Å². The average Bonchev–Trinajstić information content (AvgIpc) is 2.92. The summed E-state index contributed by atoms with van der Waals surface area (Å²) in [6.45, 7) is 4.14. The Morgan fingerprint density at radius 1 is 1.13 bits per heavy atom. The first-order valence-corrected chi connectivity index (χ1v) is 15.9. The van der Waals surface area contributed by atoms with E-state index in [0.717, 1.165) is 61.5 Å². The number of ether oxygens (including phenoxy) is 2. The van der Waals surface area contributed by atoms with Crippen molar-refractivity contribution in [2.24, 2.45) is 22.1 Å². The highest BCUT2D eigenvalue weighted by atomic mass is 35.5. The number of benzene rings is 2. The van der Waals surface area contributed by atoms with Gasteiger partial charge >= 0.3 is 0 Å². The highest BCUT2D eigenvalue weighted by molar-refractivity contribution is 7.75. The summed E-state index contributed by atoms with van der Waals surface area (Å²) in [6, 6.07) is 11.7. The molecular weight excluding hydrogens is 532 g/mol. The molecule has 0 aromatic heterocycles. The molecule has 1 fully saturated rings. The summed E-state index contributed by atoms with van der Waals surface area (Å²) in [5.41, 5.74) is 3.81. The minimum absolute atomic E-state index is 0.0426. The van der Waals surface area contributed by atoms with Crippen molar-refractivity contribution in [2.75, 3.05) is 30.9 Å². The van der Waals surface area contributed by atoms with Gasteiger partial charge in [0.15, 0.2) is 0 Å². The van der Waals surface area contributed by atoms with Crippen molar-refractivity contribution in [1.29, 1.82) is 0 Å². The largest absolute Gasteiger partial charge is 0.491 e. The Balaban J connectivity index is 1.60. The maximum atomic E-state index is 13.1. The first-order chi connectivity index (χ1) is 18.9. The number of nitrogens with zero attached hydrogens (tertiary/aromatic N) is 2. The summed E-state index contributed by atoms with van der Waals surface area (Å²) < 4.78 is 29.1. The number of hydrogen-bond acceptors (Lipinski definition) is 5. The molecule has 2 aromatic rings. The van der Waals surface area contributed by atoms with Gasteiger partial charge in [0, 0.05) is 47.1 Å². The second kappa shape index (κ2) is 12.9. The van der Waals surface area contributed by atoms with Crippen LogP contribution in [0.4, 0.5) is 5.69 Å². The van der Waals surface area contributed by atoms with Gasteiger partial charge in [0.2, 0.25) is 0 Å². The summed E-state index contributed by atoms with van der Waals surface area (Å²) in [6.07, 6.45) is 10.3. The van der Waals surface area contributed by atoms with Crippen LogP contribution in [0.25, 0.3) is 0 Å². The molecule has 39 heavy (non-hydrogen) atoms. The molecule has 0 spiro atoms. The van der Waals surface area contributed by atoms with Crippen LogP contribution in [0.3, 0.4) is 0 Å². The Bertz CT molecular complexity index is 1310. The maximum Gasteiger partial charge on any atom is 0.284 e. The first-order valence-electron chi connectivity index (χ1n) is 14.1. The second-order valence-corrected chi connectivity index (χ2v) is 12.9. The lowest BCUT2D eigenvalue weighted by Gasteiger charge is -2.43. The zero-order valence-electron chi connectivity index (χ0n) is 22.9. The molecule has 0 N–H and O–H groups in total. The lowest BCUT2D eigenvalue weighted by molar-refractivity contribution is 0.0133. The quantitative estimate of drug-likeness (QED) is 0.313. The molecule has 1 aliphatic carbocycles. The first kappa shape index (κ1) is 28.2. The molecule has 2 aromatic carbocycles. The number of carbonyl (C=O) groups excluding carboxylic acids is 1. The SMILES string of the molecule is CO[C@H]1/C=C\C[C@H](C)C/[SH](=O)=N\C(=O)c2ccc3c(c2)N(Cc2ccc(Cl)cc2CCCCO3)C[C@@H]2CC[C@H]21. The molecule has 6 nitrogen and oxygen atoms in total. The van der Waals surface area contributed by atoms with Crippen LogP contribution in [-0.4, -0.2) is 42.2 Å². The molecule has 1 unspecified atom stereocenters. The minimum atomic E-state index is -1.99. The summed E-state index contributed by atoms with van der Waals surface area (Å²) in [7, 11) is -0.203. The lowest BCUT2D eigenvalue weighted by Crippen LogP contribution is -2.43. The van der Waals surface area contributed by atoms with Gasteiger partial charge in [-0.05, 0) is 97.7 Å². The highest BCUT2D eigenvalue weighted by Gasteiger charge is 2.38. The molecule has 5 rings (SSSR count). The number of anilines is 1. The van der Waals surface area contributed by atoms with Gasteiger partial charge < -0.3 is 14.4 Å². The Morgan fingerprint density at radius 2 is 2.00 bits per heavy atom. The van der Waals surface area contributed by atoms with E-state index < -0.39 is 16.5 Å². The summed E-state index contributed by atoms with van der Waals surface area (Å²) in [5, 5.41) is 0.750. The van der Waals surface area contributed by atoms with Crippen LogP contribution >= 0.6 is 11.6 Å². The second-order valence-electron chi connectivity index (χ2n) is 11.2. The predicted molar refractivity (Wildman–Crippen MR) is 158 cm³/mol. The summed E-state index contributed by atoms with van der Waals surface area (Å²) in [5.74, 6) is 1.73. The number of halogens is 1. The topological polar surface area (TPSA) is 68.2 Å². The summed E-state index contributed by atoms with van der Waals surface area (Å²) >= 11 is 6.40. The van der Waals surface area contributed by atoms with Gasteiger partial charge in [-0.3, -0.25) is 9.00 Å². The monoisotopic (exact) mass is 570 g/mol. The zero-order valence-corrected chi connectivity index (χ0v) is 24.5. The van der Waals surface area contributed by atoms with Crippen molar-refractivity contribution in [2.45, 2.75) is 58.1 Å². The lowest BCUT2D eigenvalue weighted by atomic mass is 9.70.